The van der Waals surface area contributed by atoms with Crippen LogP contribution in [-0.4, -0.2) is 34.2 Å². The predicted molar refractivity (Wildman–Crippen MR) is 93.3 cm³/mol. The van der Waals surface area contributed by atoms with E-state index < -0.39 is 0 Å². The molecule has 0 saturated heterocycles. The number of carbonyl (C=O) groups excluding carboxylic acids is 1. The molecule has 0 aliphatic carbocycles. The van der Waals surface area contributed by atoms with Gasteiger partial charge in [0.2, 0.25) is 0 Å². The molecule has 0 radical (unpaired) electrons. The number of fused-ring (bicyclic) bond motifs is 1. The molecular formula is C19H18N4O2. The maximum absolute atomic E-state index is 12.6. The van der Waals surface area contributed by atoms with Gasteiger partial charge in [-0.2, -0.15) is 5.10 Å². The molecule has 0 fully saturated rings. The smallest absolute Gasteiger partial charge is 0.252 e. The first kappa shape index (κ1) is 15.4. The van der Waals surface area contributed by atoms with Crippen molar-refractivity contribution in [3.63, 3.8) is 0 Å². The molecule has 1 aromatic heterocycles. The van der Waals surface area contributed by atoms with E-state index in [4.69, 9.17) is 4.74 Å². The van der Waals surface area contributed by atoms with Gasteiger partial charge in [-0.15, -0.1) is 0 Å². The Morgan fingerprint density at radius 1 is 1.20 bits per heavy atom. The summed E-state index contributed by atoms with van der Waals surface area (Å²) in [7, 11) is 0. The monoisotopic (exact) mass is 334 g/mol. The molecule has 25 heavy (non-hydrogen) atoms. The molecule has 6 heteroatoms. The molecule has 1 amide bonds. The summed E-state index contributed by atoms with van der Waals surface area (Å²) in [6.07, 6.45) is 2.33. The molecule has 1 atom stereocenters. The second-order valence-electron chi connectivity index (χ2n) is 6.08. The molecule has 126 valence electrons. The van der Waals surface area contributed by atoms with Gasteiger partial charge in [0.25, 0.3) is 5.91 Å². The Hall–Kier alpha value is -3.15. The molecule has 6 nitrogen and oxygen atoms in total. The van der Waals surface area contributed by atoms with E-state index in [1.807, 2.05) is 36.4 Å². The molecule has 2 heterocycles. The SMILES string of the molecule is O=C(NC[C@@H]1COc2ccccc2C1)c1ccccc1-c1ncn[nH]1. The van der Waals surface area contributed by atoms with Crippen molar-refractivity contribution in [2.24, 2.45) is 5.92 Å². The number of para-hydroxylation sites is 1. The number of hydrogen-bond acceptors (Lipinski definition) is 4. The average Bonchev–Trinajstić information content (AvgIpc) is 3.20. The summed E-state index contributed by atoms with van der Waals surface area (Å²) >= 11 is 0. The number of nitrogens with one attached hydrogen (secondary N) is 2. The number of aromatic amines is 1. The van der Waals surface area contributed by atoms with Crippen LogP contribution in [0, 0.1) is 5.92 Å². The Morgan fingerprint density at radius 3 is 2.92 bits per heavy atom. The number of ether oxygens (including phenoxy) is 1. The lowest BCUT2D eigenvalue weighted by molar-refractivity contribution is 0.0939. The molecule has 1 aliphatic heterocycles. The lowest BCUT2D eigenvalue weighted by atomic mass is 9.96. The highest BCUT2D eigenvalue weighted by molar-refractivity contribution is 6.00. The third-order valence-corrected chi connectivity index (χ3v) is 4.35. The first-order chi connectivity index (χ1) is 12.3. The Balaban J connectivity index is 1.44. The summed E-state index contributed by atoms with van der Waals surface area (Å²) in [5.74, 6) is 1.67. The van der Waals surface area contributed by atoms with Gasteiger partial charge in [-0.05, 0) is 24.1 Å². The second-order valence-corrected chi connectivity index (χ2v) is 6.08. The van der Waals surface area contributed by atoms with Crippen molar-refractivity contribution in [3.8, 4) is 17.1 Å². The van der Waals surface area contributed by atoms with Crippen molar-refractivity contribution in [1.82, 2.24) is 20.5 Å². The van der Waals surface area contributed by atoms with E-state index in [1.165, 1.54) is 11.9 Å². The number of rotatable bonds is 4. The molecule has 4 rings (SSSR count). The minimum Gasteiger partial charge on any atom is -0.493 e. The van der Waals surface area contributed by atoms with E-state index in [9.17, 15) is 4.79 Å². The van der Waals surface area contributed by atoms with Crippen LogP contribution in [0.1, 0.15) is 15.9 Å². The van der Waals surface area contributed by atoms with Crippen molar-refractivity contribution in [2.45, 2.75) is 6.42 Å². The predicted octanol–water partition coefficient (Wildman–Crippen LogP) is 2.45. The first-order valence-electron chi connectivity index (χ1n) is 8.25. The fraction of sp³-hybridized carbons (Fsp3) is 0.211. The normalized spacial score (nSPS) is 15.9. The van der Waals surface area contributed by atoms with Crippen LogP contribution >= 0.6 is 0 Å². The van der Waals surface area contributed by atoms with Gasteiger partial charge in [0, 0.05) is 18.0 Å². The molecule has 3 aromatic rings. The fourth-order valence-corrected chi connectivity index (χ4v) is 3.08. The minimum atomic E-state index is -0.120. The number of aromatic nitrogens is 3. The van der Waals surface area contributed by atoms with Gasteiger partial charge >= 0.3 is 0 Å². The van der Waals surface area contributed by atoms with Crippen molar-refractivity contribution in [1.29, 1.82) is 0 Å². The van der Waals surface area contributed by atoms with Gasteiger partial charge in [0.05, 0.1) is 12.2 Å². The largest absolute Gasteiger partial charge is 0.493 e. The fourth-order valence-electron chi connectivity index (χ4n) is 3.08. The maximum Gasteiger partial charge on any atom is 0.252 e. The second kappa shape index (κ2) is 6.76. The highest BCUT2D eigenvalue weighted by Crippen LogP contribution is 2.26. The molecule has 0 spiro atoms. The zero-order chi connectivity index (χ0) is 17.1. The standard InChI is InChI=1S/C19H18N4O2/c24-19(16-7-3-2-6-15(16)18-21-12-22-23-18)20-10-13-9-14-5-1-4-8-17(14)25-11-13/h1-8,12-13H,9-11H2,(H,20,24)(H,21,22,23)/t13-/m1/s1. The van der Waals surface area contributed by atoms with Crippen molar-refractivity contribution in [2.75, 3.05) is 13.2 Å². The van der Waals surface area contributed by atoms with E-state index >= 15 is 0 Å². The zero-order valence-electron chi connectivity index (χ0n) is 13.6. The molecule has 0 bridgehead atoms. The number of carbonyl (C=O) groups is 1. The van der Waals surface area contributed by atoms with Crippen LogP contribution in [0.3, 0.4) is 0 Å². The highest BCUT2D eigenvalue weighted by Gasteiger charge is 2.21. The Morgan fingerprint density at radius 2 is 2.04 bits per heavy atom. The van der Waals surface area contributed by atoms with E-state index in [0.717, 1.165) is 17.7 Å². The maximum atomic E-state index is 12.6. The van der Waals surface area contributed by atoms with E-state index in [-0.39, 0.29) is 11.8 Å². The molecule has 0 unspecified atom stereocenters. The summed E-state index contributed by atoms with van der Waals surface area (Å²) in [6, 6.07) is 15.4. The van der Waals surface area contributed by atoms with Crippen molar-refractivity contribution in [3.05, 3.63) is 66.0 Å². The van der Waals surface area contributed by atoms with Crippen LogP contribution in [0.15, 0.2) is 54.9 Å². The van der Waals surface area contributed by atoms with Gasteiger partial charge in [-0.3, -0.25) is 9.89 Å². The van der Waals surface area contributed by atoms with Gasteiger partial charge in [-0.25, -0.2) is 4.98 Å². The van der Waals surface area contributed by atoms with Gasteiger partial charge in [-0.1, -0.05) is 36.4 Å². The first-order valence-corrected chi connectivity index (χ1v) is 8.25. The number of H-pyrrole nitrogens is 1. The van der Waals surface area contributed by atoms with Gasteiger partial charge in [0.1, 0.15) is 12.1 Å². The minimum absolute atomic E-state index is 0.120. The Kier molecular flexibility index (Phi) is 4.16. The van der Waals surface area contributed by atoms with Crippen LogP contribution in [0.4, 0.5) is 0 Å². The molecule has 0 saturated carbocycles. The Bertz CT molecular complexity index is 877. The Labute approximate surface area is 145 Å². The third kappa shape index (κ3) is 3.24. The van der Waals surface area contributed by atoms with Crippen LogP contribution in [0.2, 0.25) is 0 Å². The van der Waals surface area contributed by atoms with Crippen LogP contribution in [0.25, 0.3) is 11.4 Å². The summed E-state index contributed by atoms with van der Waals surface area (Å²) < 4.78 is 5.78. The summed E-state index contributed by atoms with van der Waals surface area (Å²) in [5, 5.41) is 9.68. The number of amides is 1. The molecular weight excluding hydrogens is 316 g/mol. The number of benzene rings is 2. The van der Waals surface area contributed by atoms with Crippen LogP contribution in [-0.2, 0) is 6.42 Å². The lowest BCUT2D eigenvalue weighted by Crippen LogP contribution is -2.35. The van der Waals surface area contributed by atoms with Gasteiger partial charge in [0.15, 0.2) is 5.82 Å². The quantitative estimate of drug-likeness (QED) is 0.768. The van der Waals surface area contributed by atoms with Gasteiger partial charge < -0.3 is 10.1 Å². The van der Waals surface area contributed by atoms with Crippen LogP contribution < -0.4 is 10.1 Å². The number of nitrogens with zero attached hydrogens (tertiary/aromatic N) is 2. The highest BCUT2D eigenvalue weighted by atomic mass is 16.5. The van der Waals surface area contributed by atoms with Crippen LogP contribution in [0.5, 0.6) is 5.75 Å². The average molecular weight is 334 g/mol. The van der Waals surface area contributed by atoms with Crippen molar-refractivity contribution >= 4 is 5.91 Å². The van der Waals surface area contributed by atoms with E-state index in [0.29, 0.717) is 24.5 Å². The van der Waals surface area contributed by atoms with E-state index in [2.05, 4.69) is 26.6 Å². The lowest BCUT2D eigenvalue weighted by Gasteiger charge is -2.25. The molecule has 1 aliphatic rings. The molecule has 2 N–H and O–H groups in total. The topological polar surface area (TPSA) is 79.9 Å². The summed E-state index contributed by atoms with van der Waals surface area (Å²) in [5.41, 5.74) is 2.51. The van der Waals surface area contributed by atoms with Crippen molar-refractivity contribution < 1.29 is 9.53 Å². The summed E-state index contributed by atoms with van der Waals surface area (Å²) in [4.78, 5) is 16.8. The van der Waals surface area contributed by atoms with E-state index in [1.54, 1.807) is 6.07 Å². The molecule has 2 aromatic carbocycles. The third-order valence-electron chi connectivity index (χ3n) is 4.35. The number of hydrogen-bond donors (Lipinski definition) is 2. The summed E-state index contributed by atoms with van der Waals surface area (Å²) in [6.45, 7) is 1.18. The zero-order valence-corrected chi connectivity index (χ0v) is 13.6.